The highest BCUT2D eigenvalue weighted by atomic mass is 14.4. The molecule has 1 rings (SSSR count). The Labute approximate surface area is 84.1 Å². The van der Waals surface area contributed by atoms with Crippen molar-refractivity contribution in [3.05, 3.63) is 0 Å². The molecule has 1 fully saturated rings. The molecule has 78 valence electrons. The Morgan fingerprint density at radius 1 is 1.31 bits per heavy atom. The summed E-state index contributed by atoms with van der Waals surface area (Å²) in [4.78, 5) is 0. The third-order valence-corrected chi connectivity index (χ3v) is 4.10. The third-order valence-electron chi connectivity index (χ3n) is 4.10. The van der Waals surface area contributed by atoms with Crippen LogP contribution in [0.25, 0.3) is 0 Å². The molecule has 0 bridgehead atoms. The lowest BCUT2D eigenvalue weighted by Gasteiger charge is -2.42. The van der Waals surface area contributed by atoms with Gasteiger partial charge < -0.3 is 0 Å². The van der Waals surface area contributed by atoms with Gasteiger partial charge in [-0.25, -0.2) is 0 Å². The summed E-state index contributed by atoms with van der Waals surface area (Å²) in [5.41, 5.74) is 0.645. The molecule has 3 atom stereocenters. The molecule has 0 aromatic heterocycles. The molecule has 0 spiro atoms. The van der Waals surface area contributed by atoms with Crippen LogP contribution in [0.3, 0.4) is 0 Å². The van der Waals surface area contributed by atoms with Gasteiger partial charge in [0.15, 0.2) is 0 Å². The van der Waals surface area contributed by atoms with Crippen molar-refractivity contribution in [3.63, 3.8) is 0 Å². The van der Waals surface area contributed by atoms with Crippen molar-refractivity contribution < 1.29 is 0 Å². The Morgan fingerprint density at radius 2 is 1.92 bits per heavy atom. The summed E-state index contributed by atoms with van der Waals surface area (Å²) < 4.78 is 0. The SMILES string of the molecule is CCC1(C)CC(C)CC(C(C)C)C1. The molecule has 3 unspecified atom stereocenters. The average molecular weight is 182 g/mol. The van der Waals surface area contributed by atoms with Crippen LogP contribution < -0.4 is 0 Å². The van der Waals surface area contributed by atoms with Gasteiger partial charge in [-0.3, -0.25) is 0 Å². The second-order valence-corrected chi connectivity index (χ2v) is 5.92. The van der Waals surface area contributed by atoms with Gasteiger partial charge in [0.25, 0.3) is 0 Å². The van der Waals surface area contributed by atoms with E-state index in [1.54, 1.807) is 0 Å². The summed E-state index contributed by atoms with van der Waals surface area (Å²) in [6.45, 7) is 12.0. The summed E-state index contributed by atoms with van der Waals surface area (Å²) in [5.74, 6) is 2.81. The first kappa shape index (κ1) is 11.1. The molecule has 13 heavy (non-hydrogen) atoms. The molecule has 0 N–H and O–H groups in total. The monoisotopic (exact) mass is 182 g/mol. The number of hydrogen-bond donors (Lipinski definition) is 0. The summed E-state index contributed by atoms with van der Waals surface area (Å²) in [7, 11) is 0. The fourth-order valence-corrected chi connectivity index (χ4v) is 3.04. The van der Waals surface area contributed by atoms with Crippen LogP contribution in [-0.4, -0.2) is 0 Å². The van der Waals surface area contributed by atoms with E-state index in [1.165, 1.54) is 25.7 Å². The molecule has 1 aliphatic rings. The topological polar surface area (TPSA) is 0 Å². The van der Waals surface area contributed by atoms with Crippen LogP contribution in [0.5, 0.6) is 0 Å². The molecular formula is C13H26. The molecule has 0 nitrogen and oxygen atoms in total. The van der Waals surface area contributed by atoms with E-state index < -0.39 is 0 Å². The van der Waals surface area contributed by atoms with E-state index in [0.717, 1.165) is 17.8 Å². The molecule has 0 aromatic rings. The molecule has 0 amide bonds. The van der Waals surface area contributed by atoms with Crippen molar-refractivity contribution in [3.8, 4) is 0 Å². The molecule has 0 aromatic carbocycles. The lowest BCUT2D eigenvalue weighted by atomic mass is 9.63. The van der Waals surface area contributed by atoms with Crippen molar-refractivity contribution in [1.82, 2.24) is 0 Å². The van der Waals surface area contributed by atoms with Crippen molar-refractivity contribution >= 4 is 0 Å². The fourth-order valence-electron chi connectivity index (χ4n) is 3.04. The van der Waals surface area contributed by atoms with Gasteiger partial charge in [-0.2, -0.15) is 0 Å². The van der Waals surface area contributed by atoms with E-state index in [9.17, 15) is 0 Å². The fraction of sp³-hybridized carbons (Fsp3) is 1.00. The zero-order valence-corrected chi connectivity index (χ0v) is 10.1. The Kier molecular flexibility index (Phi) is 3.43. The first-order valence-corrected chi connectivity index (χ1v) is 5.97. The molecule has 0 saturated heterocycles. The van der Waals surface area contributed by atoms with Crippen LogP contribution in [0.15, 0.2) is 0 Å². The second kappa shape index (κ2) is 4.02. The van der Waals surface area contributed by atoms with Gasteiger partial charge in [0.1, 0.15) is 0 Å². The van der Waals surface area contributed by atoms with E-state index in [0.29, 0.717) is 5.41 Å². The summed E-state index contributed by atoms with van der Waals surface area (Å²) in [6.07, 6.45) is 5.74. The number of rotatable bonds is 2. The van der Waals surface area contributed by atoms with Crippen LogP contribution in [0, 0.1) is 23.2 Å². The van der Waals surface area contributed by atoms with Gasteiger partial charge >= 0.3 is 0 Å². The van der Waals surface area contributed by atoms with Gasteiger partial charge in [-0.1, -0.05) is 41.0 Å². The minimum absolute atomic E-state index is 0.645. The zero-order chi connectivity index (χ0) is 10.1. The quantitative estimate of drug-likeness (QED) is 0.590. The molecule has 1 saturated carbocycles. The normalized spacial score (nSPS) is 41.1. The van der Waals surface area contributed by atoms with Crippen LogP contribution >= 0.6 is 0 Å². The standard InChI is InChI=1S/C13H26/c1-6-13(5)8-11(4)7-12(9-13)10(2)3/h10-12H,6-9H2,1-5H3. The lowest BCUT2D eigenvalue weighted by molar-refractivity contribution is 0.0862. The van der Waals surface area contributed by atoms with Crippen LogP contribution in [0.1, 0.15) is 60.3 Å². The maximum atomic E-state index is 2.48. The lowest BCUT2D eigenvalue weighted by Crippen LogP contribution is -2.31. The minimum atomic E-state index is 0.645. The molecule has 0 heteroatoms. The van der Waals surface area contributed by atoms with E-state index in [1.807, 2.05) is 0 Å². The maximum absolute atomic E-state index is 2.48. The van der Waals surface area contributed by atoms with E-state index in [-0.39, 0.29) is 0 Å². The largest absolute Gasteiger partial charge is 0.0649 e. The van der Waals surface area contributed by atoms with Crippen LogP contribution in [0.2, 0.25) is 0 Å². The summed E-state index contributed by atoms with van der Waals surface area (Å²) >= 11 is 0. The first-order chi connectivity index (χ1) is 5.97. The predicted molar refractivity (Wildman–Crippen MR) is 59.7 cm³/mol. The molecule has 0 radical (unpaired) electrons. The third kappa shape index (κ3) is 2.72. The Bertz CT molecular complexity index is 159. The smallest absolute Gasteiger partial charge is 0.0323 e. The highest BCUT2D eigenvalue weighted by Gasteiger charge is 2.35. The van der Waals surface area contributed by atoms with Crippen molar-refractivity contribution in [2.45, 2.75) is 60.3 Å². The highest BCUT2D eigenvalue weighted by Crippen LogP contribution is 2.46. The molecule has 0 heterocycles. The number of hydrogen-bond acceptors (Lipinski definition) is 0. The van der Waals surface area contributed by atoms with E-state index in [4.69, 9.17) is 0 Å². The summed E-state index contributed by atoms with van der Waals surface area (Å²) in [5, 5.41) is 0. The Hall–Kier alpha value is 0. The van der Waals surface area contributed by atoms with E-state index in [2.05, 4.69) is 34.6 Å². The summed E-state index contributed by atoms with van der Waals surface area (Å²) in [6, 6.07) is 0. The van der Waals surface area contributed by atoms with Gasteiger partial charge in [0.05, 0.1) is 0 Å². The van der Waals surface area contributed by atoms with Crippen LogP contribution in [-0.2, 0) is 0 Å². The van der Waals surface area contributed by atoms with Gasteiger partial charge in [-0.05, 0) is 42.4 Å². The van der Waals surface area contributed by atoms with Crippen molar-refractivity contribution in [2.24, 2.45) is 23.2 Å². The molecular weight excluding hydrogens is 156 g/mol. The second-order valence-electron chi connectivity index (χ2n) is 5.92. The minimum Gasteiger partial charge on any atom is -0.0649 e. The molecule has 0 aliphatic heterocycles. The maximum Gasteiger partial charge on any atom is -0.0323 e. The zero-order valence-electron chi connectivity index (χ0n) is 10.1. The average Bonchev–Trinajstić information content (AvgIpc) is 2.03. The molecule has 1 aliphatic carbocycles. The van der Waals surface area contributed by atoms with Crippen LogP contribution in [0.4, 0.5) is 0 Å². The predicted octanol–water partition coefficient (Wildman–Crippen LogP) is 4.49. The van der Waals surface area contributed by atoms with Crippen molar-refractivity contribution in [1.29, 1.82) is 0 Å². The van der Waals surface area contributed by atoms with E-state index >= 15 is 0 Å². The highest BCUT2D eigenvalue weighted by molar-refractivity contribution is 4.85. The van der Waals surface area contributed by atoms with Gasteiger partial charge in [0, 0.05) is 0 Å². The van der Waals surface area contributed by atoms with Crippen molar-refractivity contribution in [2.75, 3.05) is 0 Å². The van der Waals surface area contributed by atoms with Gasteiger partial charge in [0.2, 0.25) is 0 Å². The van der Waals surface area contributed by atoms with Gasteiger partial charge in [-0.15, -0.1) is 0 Å². The first-order valence-electron chi connectivity index (χ1n) is 5.97. The Balaban J connectivity index is 2.62. The Morgan fingerprint density at radius 3 is 2.38 bits per heavy atom.